The van der Waals surface area contributed by atoms with E-state index in [1.165, 1.54) is 0 Å². The third kappa shape index (κ3) is 3.43. The van der Waals surface area contributed by atoms with E-state index in [0.717, 1.165) is 5.69 Å². The Morgan fingerprint density at radius 3 is 2.78 bits per heavy atom. The smallest absolute Gasteiger partial charge is 0.249 e. The molecule has 6 heteroatoms. The summed E-state index contributed by atoms with van der Waals surface area (Å²) in [6, 6.07) is 7.26. The molecule has 0 atom stereocenters. The number of benzene rings is 1. The van der Waals surface area contributed by atoms with Crippen molar-refractivity contribution in [2.75, 3.05) is 17.2 Å². The van der Waals surface area contributed by atoms with Crippen LogP contribution in [0, 0.1) is 0 Å². The second kappa shape index (κ2) is 5.97. The first-order chi connectivity index (χ1) is 8.78. The van der Waals surface area contributed by atoms with Gasteiger partial charge in [0.05, 0.1) is 6.20 Å². The molecule has 2 aromatic rings. The average Bonchev–Trinajstić information content (AvgIpc) is 2.40. The molecule has 0 unspecified atom stereocenters. The SMILES string of the molecule is C=CCNc1cnnc(Nc2ccc(Cl)cc2)n1. The van der Waals surface area contributed by atoms with Gasteiger partial charge in [0.25, 0.3) is 0 Å². The fraction of sp³-hybridized carbons (Fsp3) is 0.0833. The van der Waals surface area contributed by atoms with Gasteiger partial charge in [-0.1, -0.05) is 17.7 Å². The Morgan fingerprint density at radius 1 is 1.28 bits per heavy atom. The van der Waals surface area contributed by atoms with E-state index < -0.39 is 0 Å². The first-order valence-corrected chi connectivity index (χ1v) is 5.73. The van der Waals surface area contributed by atoms with Crippen LogP contribution in [0.4, 0.5) is 17.5 Å². The van der Waals surface area contributed by atoms with Gasteiger partial charge in [0.2, 0.25) is 5.95 Å². The predicted octanol–water partition coefficient (Wildman–Crippen LogP) is 2.87. The summed E-state index contributed by atoms with van der Waals surface area (Å²) in [5.41, 5.74) is 0.849. The molecule has 0 amide bonds. The summed E-state index contributed by atoms with van der Waals surface area (Å²) in [6.45, 7) is 4.24. The lowest BCUT2D eigenvalue weighted by molar-refractivity contribution is 0.976. The molecule has 1 heterocycles. The maximum absolute atomic E-state index is 5.81. The average molecular weight is 262 g/mol. The third-order valence-electron chi connectivity index (χ3n) is 2.09. The van der Waals surface area contributed by atoms with Crippen molar-refractivity contribution in [3.63, 3.8) is 0 Å². The molecule has 0 bridgehead atoms. The third-order valence-corrected chi connectivity index (χ3v) is 2.34. The summed E-state index contributed by atoms with van der Waals surface area (Å²) in [5.74, 6) is 1.06. The van der Waals surface area contributed by atoms with E-state index in [1.807, 2.05) is 12.1 Å². The number of nitrogens with one attached hydrogen (secondary N) is 2. The monoisotopic (exact) mass is 261 g/mol. The summed E-state index contributed by atoms with van der Waals surface area (Å²) in [6.07, 6.45) is 3.30. The zero-order valence-corrected chi connectivity index (χ0v) is 10.4. The summed E-state index contributed by atoms with van der Waals surface area (Å²) >= 11 is 5.81. The Bertz CT molecular complexity index is 526. The van der Waals surface area contributed by atoms with Crippen LogP contribution in [0.25, 0.3) is 0 Å². The number of halogens is 1. The highest BCUT2D eigenvalue weighted by Crippen LogP contribution is 2.16. The molecule has 92 valence electrons. The molecule has 2 rings (SSSR count). The van der Waals surface area contributed by atoms with E-state index in [1.54, 1.807) is 24.4 Å². The van der Waals surface area contributed by atoms with E-state index in [2.05, 4.69) is 32.4 Å². The van der Waals surface area contributed by atoms with Gasteiger partial charge in [-0.2, -0.15) is 10.1 Å². The van der Waals surface area contributed by atoms with Gasteiger partial charge in [-0.3, -0.25) is 0 Å². The lowest BCUT2D eigenvalue weighted by Gasteiger charge is -2.06. The van der Waals surface area contributed by atoms with Crippen LogP contribution in [0.2, 0.25) is 5.02 Å². The highest BCUT2D eigenvalue weighted by molar-refractivity contribution is 6.30. The maximum atomic E-state index is 5.81. The number of nitrogens with zero attached hydrogens (tertiary/aromatic N) is 3. The van der Waals surface area contributed by atoms with Crippen LogP contribution >= 0.6 is 11.6 Å². The first-order valence-electron chi connectivity index (χ1n) is 5.35. The Balaban J connectivity index is 2.08. The topological polar surface area (TPSA) is 62.7 Å². The molecule has 0 radical (unpaired) electrons. The van der Waals surface area contributed by atoms with Crippen LogP contribution in [0.5, 0.6) is 0 Å². The van der Waals surface area contributed by atoms with Gasteiger partial charge in [-0.15, -0.1) is 11.7 Å². The van der Waals surface area contributed by atoms with Crippen LogP contribution in [0.3, 0.4) is 0 Å². The highest BCUT2D eigenvalue weighted by Gasteiger charge is 2.00. The summed E-state index contributed by atoms with van der Waals surface area (Å²) in [4.78, 5) is 4.25. The van der Waals surface area contributed by atoms with Crippen LogP contribution in [0.15, 0.2) is 43.1 Å². The Kier molecular flexibility index (Phi) is 4.09. The number of hydrogen-bond acceptors (Lipinski definition) is 5. The van der Waals surface area contributed by atoms with Crippen molar-refractivity contribution in [2.24, 2.45) is 0 Å². The molecule has 1 aromatic carbocycles. The van der Waals surface area contributed by atoms with Gasteiger partial charge in [0.15, 0.2) is 5.82 Å². The second-order valence-corrected chi connectivity index (χ2v) is 3.90. The Morgan fingerprint density at radius 2 is 2.06 bits per heavy atom. The minimum atomic E-state index is 0.423. The van der Waals surface area contributed by atoms with Gasteiger partial charge >= 0.3 is 0 Å². The lowest BCUT2D eigenvalue weighted by atomic mass is 10.3. The first kappa shape index (κ1) is 12.3. The van der Waals surface area contributed by atoms with Gasteiger partial charge in [0, 0.05) is 17.3 Å². The zero-order chi connectivity index (χ0) is 12.8. The van der Waals surface area contributed by atoms with Gasteiger partial charge in [-0.25, -0.2) is 0 Å². The number of rotatable bonds is 5. The molecule has 0 aliphatic carbocycles. The largest absolute Gasteiger partial charge is 0.365 e. The van der Waals surface area contributed by atoms with Crippen molar-refractivity contribution in [1.82, 2.24) is 15.2 Å². The predicted molar refractivity (Wildman–Crippen MR) is 73.2 cm³/mol. The van der Waals surface area contributed by atoms with E-state index in [9.17, 15) is 0 Å². The van der Waals surface area contributed by atoms with Crippen molar-refractivity contribution in [1.29, 1.82) is 0 Å². The van der Waals surface area contributed by atoms with Crippen LogP contribution < -0.4 is 10.6 Å². The quantitative estimate of drug-likeness (QED) is 0.811. The second-order valence-electron chi connectivity index (χ2n) is 3.47. The van der Waals surface area contributed by atoms with E-state index in [-0.39, 0.29) is 0 Å². The van der Waals surface area contributed by atoms with Crippen molar-refractivity contribution in [3.05, 3.63) is 48.1 Å². The van der Waals surface area contributed by atoms with Crippen LogP contribution in [0.1, 0.15) is 0 Å². The van der Waals surface area contributed by atoms with Crippen molar-refractivity contribution >= 4 is 29.1 Å². The van der Waals surface area contributed by atoms with Crippen molar-refractivity contribution < 1.29 is 0 Å². The maximum Gasteiger partial charge on any atom is 0.249 e. The number of anilines is 3. The summed E-state index contributed by atoms with van der Waals surface area (Å²) in [5, 5.41) is 14.5. The van der Waals surface area contributed by atoms with E-state index in [0.29, 0.717) is 23.3 Å². The number of aromatic nitrogens is 3. The molecule has 2 N–H and O–H groups in total. The van der Waals surface area contributed by atoms with E-state index >= 15 is 0 Å². The fourth-order valence-electron chi connectivity index (χ4n) is 1.28. The van der Waals surface area contributed by atoms with Crippen molar-refractivity contribution in [2.45, 2.75) is 0 Å². The van der Waals surface area contributed by atoms with Gasteiger partial charge in [0.1, 0.15) is 0 Å². The molecule has 0 saturated carbocycles. The standard InChI is InChI=1S/C12H12ClN5/c1-2-7-14-11-8-15-18-12(17-11)16-10-5-3-9(13)4-6-10/h2-6,8H,1,7H2,(H2,14,16,17,18). The normalized spacial score (nSPS) is 9.83. The summed E-state index contributed by atoms with van der Waals surface area (Å²) < 4.78 is 0. The molecule has 0 fully saturated rings. The van der Waals surface area contributed by atoms with Crippen LogP contribution in [-0.4, -0.2) is 21.7 Å². The van der Waals surface area contributed by atoms with Crippen molar-refractivity contribution in [3.8, 4) is 0 Å². The molecule has 1 aromatic heterocycles. The minimum absolute atomic E-state index is 0.423. The molecule has 0 aliphatic rings. The minimum Gasteiger partial charge on any atom is -0.365 e. The highest BCUT2D eigenvalue weighted by atomic mass is 35.5. The zero-order valence-electron chi connectivity index (χ0n) is 9.60. The molecule has 18 heavy (non-hydrogen) atoms. The molecular formula is C12H12ClN5. The van der Waals surface area contributed by atoms with Crippen LogP contribution in [-0.2, 0) is 0 Å². The summed E-state index contributed by atoms with van der Waals surface area (Å²) in [7, 11) is 0. The van der Waals surface area contributed by atoms with Gasteiger partial charge in [-0.05, 0) is 24.3 Å². The Hall–Kier alpha value is -2.14. The van der Waals surface area contributed by atoms with Gasteiger partial charge < -0.3 is 10.6 Å². The molecule has 0 saturated heterocycles. The number of hydrogen-bond donors (Lipinski definition) is 2. The molecular weight excluding hydrogens is 250 g/mol. The molecule has 0 spiro atoms. The molecule has 5 nitrogen and oxygen atoms in total. The fourth-order valence-corrected chi connectivity index (χ4v) is 1.41. The molecule has 0 aliphatic heterocycles. The Labute approximate surface area is 110 Å². The lowest BCUT2D eigenvalue weighted by Crippen LogP contribution is -2.05. The van der Waals surface area contributed by atoms with E-state index in [4.69, 9.17) is 11.6 Å².